The zero-order chi connectivity index (χ0) is 8.91. The van der Waals surface area contributed by atoms with Crippen molar-refractivity contribution in [3.63, 3.8) is 0 Å². The maximum Gasteiger partial charge on any atom is 0.0132 e. The smallest absolute Gasteiger partial charge is 0.0132 e. The molecule has 0 amide bonds. The third-order valence-electron chi connectivity index (χ3n) is 2.36. The minimum Gasteiger partial charge on any atom is -0.316 e. The summed E-state index contributed by atoms with van der Waals surface area (Å²) >= 11 is 0. The van der Waals surface area contributed by atoms with E-state index in [2.05, 4.69) is 45.2 Å². The summed E-state index contributed by atoms with van der Waals surface area (Å²) in [5, 5.41) is 3.09. The molecule has 0 aliphatic rings. The van der Waals surface area contributed by atoms with Gasteiger partial charge in [0.25, 0.3) is 0 Å². The largest absolute Gasteiger partial charge is 0.316 e. The van der Waals surface area contributed by atoms with Crippen LogP contribution in [0.2, 0.25) is 0 Å². The summed E-state index contributed by atoms with van der Waals surface area (Å²) in [6, 6.07) is 0. The van der Waals surface area contributed by atoms with E-state index in [9.17, 15) is 0 Å². The second-order valence-corrected chi connectivity index (χ2v) is 3.94. The van der Waals surface area contributed by atoms with Crippen LogP contribution in [0, 0.1) is 11.3 Å². The number of nitrogens with one attached hydrogen (secondary N) is 1. The van der Waals surface area contributed by atoms with E-state index >= 15 is 0 Å². The SMILES string of the molecule is CNC/C=C/C(C)(C)C(C)C. The summed E-state index contributed by atoms with van der Waals surface area (Å²) in [4.78, 5) is 0. The molecule has 0 spiro atoms. The first-order chi connectivity index (χ1) is 5.00. The Kier molecular flexibility index (Phi) is 4.43. The zero-order valence-electron chi connectivity index (χ0n) is 8.44. The van der Waals surface area contributed by atoms with Gasteiger partial charge in [0.1, 0.15) is 0 Å². The van der Waals surface area contributed by atoms with Crippen LogP contribution < -0.4 is 5.32 Å². The van der Waals surface area contributed by atoms with Crippen molar-refractivity contribution in [1.29, 1.82) is 0 Å². The van der Waals surface area contributed by atoms with E-state index in [1.807, 2.05) is 7.05 Å². The summed E-state index contributed by atoms with van der Waals surface area (Å²) in [6.45, 7) is 10.0. The van der Waals surface area contributed by atoms with Gasteiger partial charge in [-0.25, -0.2) is 0 Å². The molecule has 1 N–H and O–H groups in total. The van der Waals surface area contributed by atoms with E-state index in [-0.39, 0.29) is 0 Å². The molecular formula is C10H21N. The Balaban J connectivity index is 3.90. The van der Waals surface area contributed by atoms with Crippen molar-refractivity contribution in [2.75, 3.05) is 13.6 Å². The molecule has 0 fully saturated rings. The highest BCUT2D eigenvalue weighted by Gasteiger charge is 2.17. The summed E-state index contributed by atoms with van der Waals surface area (Å²) in [5.41, 5.74) is 0.330. The van der Waals surface area contributed by atoms with Crippen molar-refractivity contribution in [1.82, 2.24) is 5.32 Å². The lowest BCUT2D eigenvalue weighted by atomic mass is 9.81. The van der Waals surface area contributed by atoms with Crippen molar-refractivity contribution < 1.29 is 0 Å². The summed E-state index contributed by atoms with van der Waals surface area (Å²) in [7, 11) is 1.96. The van der Waals surface area contributed by atoms with Gasteiger partial charge in [0.05, 0.1) is 0 Å². The number of rotatable bonds is 4. The highest BCUT2D eigenvalue weighted by Crippen LogP contribution is 2.26. The summed E-state index contributed by atoms with van der Waals surface area (Å²) in [5.74, 6) is 0.704. The Morgan fingerprint density at radius 2 is 1.91 bits per heavy atom. The first kappa shape index (κ1) is 10.7. The molecule has 0 aliphatic carbocycles. The van der Waals surface area contributed by atoms with E-state index in [0.717, 1.165) is 6.54 Å². The fourth-order valence-electron chi connectivity index (χ4n) is 0.673. The molecule has 0 aromatic rings. The molecule has 0 saturated heterocycles. The molecule has 0 aromatic carbocycles. The zero-order valence-corrected chi connectivity index (χ0v) is 8.44. The normalized spacial score (nSPS) is 13.3. The van der Waals surface area contributed by atoms with Crippen LogP contribution >= 0.6 is 0 Å². The van der Waals surface area contributed by atoms with Crippen molar-refractivity contribution in [2.24, 2.45) is 11.3 Å². The average molecular weight is 155 g/mol. The topological polar surface area (TPSA) is 12.0 Å². The molecule has 0 bridgehead atoms. The third kappa shape index (κ3) is 4.20. The van der Waals surface area contributed by atoms with E-state index in [1.54, 1.807) is 0 Å². The van der Waals surface area contributed by atoms with Crippen LogP contribution in [-0.4, -0.2) is 13.6 Å². The predicted molar refractivity (Wildman–Crippen MR) is 51.7 cm³/mol. The molecule has 0 saturated carbocycles. The van der Waals surface area contributed by atoms with Crippen molar-refractivity contribution >= 4 is 0 Å². The second-order valence-electron chi connectivity index (χ2n) is 3.94. The minimum atomic E-state index is 0.330. The summed E-state index contributed by atoms with van der Waals surface area (Å²) in [6.07, 6.45) is 4.48. The monoisotopic (exact) mass is 155 g/mol. The van der Waals surface area contributed by atoms with Crippen LogP contribution in [-0.2, 0) is 0 Å². The van der Waals surface area contributed by atoms with Crippen LogP contribution in [0.3, 0.4) is 0 Å². The molecule has 0 heterocycles. The fraction of sp³-hybridized carbons (Fsp3) is 0.800. The van der Waals surface area contributed by atoms with Gasteiger partial charge >= 0.3 is 0 Å². The fourth-order valence-corrected chi connectivity index (χ4v) is 0.673. The molecule has 0 atom stereocenters. The van der Waals surface area contributed by atoms with Gasteiger partial charge in [0, 0.05) is 6.54 Å². The van der Waals surface area contributed by atoms with Crippen molar-refractivity contribution in [3.05, 3.63) is 12.2 Å². The Bertz CT molecular complexity index is 123. The highest BCUT2D eigenvalue weighted by atomic mass is 14.8. The number of likely N-dealkylation sites (N-methyl/N-ethyl adjacent to an activating group) is 1. The summed E-state index contributed by atoms with van der Waals surface area (Å²) < 4.78 is 0. The third-order valence-corrected chi connectivity index (χ3v) is 2.36. The minimum absolute atomic E-state index is 0.330. The lowest BCUT2D eigenvalue weighted by molar-refractivity contribution is 0.332. The van der Waals surface area contributed by atoms with Gasteiger partial charge in [-0.1, -0.05) is 39.8 Å². The van der Waals surface area contributed by atoms with Gasteiger partial charge < -0.3 is 5.32 Å². The van der Waals surface area contributed by atoms with Crippen LogP contribution in [0.15, 0.2) is 12.2 Å². The van der Waals surface area contributed by atoms with E-state index in [4.69, 9.17) is 0 Å². The molecule has 0 aliphatic heterocycles. The molecule has 66 valence electrons. The average Bonchev–Trinajstić information content (AvgIpc) is 1.88. The molecule has 0 rings (SSSR count). The van der Waals surface area contributed by atoms with Crippen molar-refractivity contribution in [3.8, 4) is 0 Å². The lowest BCUT2D eigenvalue weighted by Gasteiger charge is -2.24. The molecule has 11 heavy (non-hydrogen) atoms. The van der Waals surface area contributed by atoms with E-state index in [0.29, 0.717) is 11.3 Å². The van der Waals surface area contributed by atoms with Crippen LogP contribution in [0.25, 0.3) is 0 Å². The van der Waals surface area contributed by atoms with E-state index < -0.39 is 0 Å². The number of hydrogen-bond acceptors (Lipinski definition) is 1. The second kappa shape index (κ2) is 4.55. The Labute approximate surface area is 70.9 Å². The maximum absolute atomic E-state index is 3.09. The molecular weight excluding hydrogens is 134 g/mol. The quantitative estimate of drug-likeness (QED) is 0.615. The predicted octanol–water partition coefficient (Wildman–Crippen LogP) is 2.44. The molecule has 0 radical (unpaired) electrons. The number of hydrogen-bond donors (Lipinski definition) is 1. The molecule has 1 nitrogen and oxygen atoms in total. The number of allylic oxidation sites excluding steroid dienone is 1. The van der Waals surface area contributed by atoms with E-state index in [1.165, 1.54) is 0 Å². The first-order valence-corrected chi connectivity index (χ1v) is 4.33. The van der Waals surface area contributed by atoms with Gasteiger partial charge in [0.2, 0.25) is 0 Å². The highest BCUT2D eigenvalue weighted by molar-refractivity contribution is 4.97. The van der Waals surface area contributed by atoms with Gasteiger partial charge in [-0.05, 0) is 18.4 Å². The van der Waals surface area contributed by atoms with Gasteiger partial charge in [-0.3, -0.25) is 0 Å². The van der Waals surface area contributed by atoms with Crippen LogP contribution in [0.5, 0.6) is 0 Å². The Morgan fingerprint density at radius 3 is 2.27 bits per heavy atom. The Morgan fingerprint density at radius 1 is 1.36 bits per heavy atom. The first-order valence-electron chi connectivity index (χ1n) is 4.33. The van der Waals surface area contributed by atoms with Gasteiger partial charge in [-0.15, -0.1) is 0 Å². The molecule has 1 heteroatoms. The van der Waals surface area contributed by atoms with Crippen molar-refractivity contribution in [2.45, 2.75) is 27.7 Å². The molecule has 0 unspecified atom stereocenters. The van der Waals surface area contributed by atoms with Gasteiger partial charge in [0.15, 0.2) is 0 Å². The molecule has 0 aromatic heterocycles. The van der Waals surface area contributed by atoms with Crippen LogP contribution in [0.4, 0.5) is 0 Å². The van der Waals surface area contributed by atoms with Gasteiger partial charge in [-0.2, -0.15) is 0 Å². The standard InChI is InChI=1S/C10H21N/c1-9(2)10(3,4)7-6-8-11-5/h6-7,9,11H,8H2,1-5H3/b7-6+. The lowest BCUT2D eigenvalue weighted by Crippen LogP contribution is -2.16. The Hall–Kier alpha value is -0.300. The maximum atomic E-state index is 3.09. The van der Waals surface area contributed by atoms with Crippen LogP contribution in [0.1, 0.15) is 27.7 Å².